The Morgan fingerprint density at radius 3 is 1.18 bits per heavy atom. The fourth-order valence-electron chi connectivity index (χ4n) is 6.36. The molecular formula is C41H66N2O6S2. The van der Waals surface area contributed by atoms with Crippen molar-refractivity contribution in [2.45, 2.75) is 180 Å². The summed E-state index contributed by atoms with van der Waals surface area (Å²) in [5, 5.41) is 0. The first-order valence-corrected chi connectivity index (χ1v) is 22.5. The number of nitrogens with zero attached hydrogens (tertiary/aromatic N) is 2. The maximum absolute atomic E-state index is 14.1. The molecule has 0 saturated carbocycles. The molecule has 10 heteroatoms. The first kappa shape index (κ1) is 44.5. The standard InChI is InChI=1S/C41H66N2O6S2/c1-9-11-13-15-17-19-21-23-25-48-37-27-33(7)39(29-35(37)31(3)4)50(44,45)41(43-42)51(46,47)40-30-36(32(5)6)38(28-34(40)8)49-26-24-22-20-18-16-14-12-10-2/h27-32H,9-26H2,1-8H3. The fourth-order valence-corrected chi connectivity index (χ4v) is 10.2. The van der Waals surface area contributed by atoms with Gasteiger partial charge in [0.15, 0.2) is 0 Å². The number of hydrogen-bond acceptors (Lipinski definition) is 6. The Labute approximate surface area is 310 Å². The highest BCUT2D eigenvalue weighted by Gasteiger charge is 2.46. The highest BCUT2D eigenvalue weighted by atomic mass is 32.3. The zero-order chi connectivity index (χ0) is 38.0. The molecule has 2 rings (SSSR count). The summed E-state index contributed by atoms with van der Waals surface area (Å²) in [7, 11) is -9.54. The van der Waals surface area contributed by atoms with Gasteiger partial charge in [-0.2, -0.15) is 0 Å². The summed E-state index contributed by atoms with van der Waals surface area (Å²) < 4.78 is 67.3. The molecule has 0 N–H and O–H groups in total. The quantitative estimate of drug-likeness (QED) is 0.0346. The average molecular weight is 747 g/mol. The molecule has 0 aliphatic carbocycles. The minimum atomic E-state index is -4.77. The SMILES string of the molecule is CCCCCCCCCCOc1cc(C)c(S(=O)(=O)C(=[N+]=[N-])S(=O)(=O)c2cc(C(C)C)c(OCCCCCCCCCC)cc2C)cc1C(C)C. The summed E-state index contributed by atoms with van der Waals surface area (Å²) in [4.78, 5) is 2.49. The molecule has 2 aromatic carbocycles. The van der Waals surface area contributed by atoms with Crippen LogP contribution in [0, 0.1) is 13.8 Å². The van der Waals surface area contributed by atoms with Gasteiger partial charge in [0.2, 0.25) is 0 Å². The van der Waals surface area contributed by atoms with Gasteiger partial charge in [-0.05, 0) is 85.0 Å². The van der Waals surface area contributed by atoms with Crippen LogP contribution in [0.5, 0.6) is 11.5 Å². The van der Waals surface area contributed by atoms with Crippen LogP contribution in [0.15, 0.2) is 34.1 Å². The van der Waals surface area contributed by atoms with Crippen molar-refractivity contribution in [3.8, 4) is 11.5 Å². The van der Waals surface area contributed by atoms with Crippen LogP contribution in [0.2, 0.25) is 0 Å². The van der Waals surface area contributed by atoms with Gasteiger partial charge in [-0.1, -0.05) is 131 Å². The number of aryl methyl sites for hydroxylation is 2. The minimum absolute atomic E-state index is 0.103. The van der Waals surface area contributed by atoms with E-state index >= 15 is 0 Å². The van der Waals surface area contributed by atoms with Crippen molar-refractivity contribution in [2.24, 2.45) is 0 Å². The third-order valence-corrected chi connectivity index (χ3v) is 13.9. The van der Waals surface area contributed by atoms with Gasteiger partial charge in [-0.3, -0.25) is 0 Å². The van der Waals surface area contributed by atoms with E-state index in [0.29, 0.717) is 47.0 Å². The molecule has 0 spiro atoms. The maximum atomic E-state index is 14.1. The van der Waals surface area contributed by atoms with Gasteiger partial charge in [0, 0.05) is 0 Å². The molecule has 0 saturated heterocycles. The lowest BCUT2D eigenvalue weighted by molar-refractivity contribution is 0.00379. The largest absolute Gasteiger partial charge is 0.504 e. The van der Waals surface area contributed by atoms with Crippen LogP contribution in [0.1, 0.15) is 178 Å². The van der Waals surface area contributed by atoms with Crippen molar-refractivity contribution in [2.75, 3.05) is 13.2 Å². The molecule has 0 amide bonds. The Morgan fingerprint density at radius 1 is 0.569 bits per heavy atom. The molecule has 51 heavy (non-hydrogen) atoms. The lowest BCUT2D eigenvalue weighted by Gasteiger charge is -2.18. The molecule has 0 bridgehead atoms. The van der Waals surface area contributed by atoms with Gasteiger partial charge in [0.1, 0.15) is 11.5 Å². The summed E-state index contributed by atoms with van der Waals surface area (Å²) in [5.41, 5.74) is 12.0. The monoisotopic (exact) mass is 746 g/mol. The summed E-state index contributed by atoms with van der Waals surface area (Å²) in [6.45, 7) is 16.4. The van der Waals surface area contributed by atoms with Gasteiger partial charge in [-0.15, -0.1) is 4.79 Å². The first-order valence-electron chi connectivity index (χ1n) is 19.5. The number of hydrogen-bond donors (Lipinski definition) is 0. The van der Waals surface area contributed by atoms with Crippen LogP contribution >= 0.6 is 0 Å². The third-order valence-electron chi connectivity index (χ3n) is 9.49. The number of ether oxygens (including phenoxy) is 2. The molecule has 0 aliphatic heterocycles. The van der Waals surface area contributed by atoms with E-state index in [1.54, 1.807) is 26.0 Å². The predicted octanol–water partition coefficient (Wildman–Crippen LogP) is 11.4. The molecule has 0 fully saturated rings. The molecule has 0 atom stereocenters. The summed E-state index contributed by atoms with van der Waals surface area (Å²) in [5.74, 6) is 0.950. The molecule has 8 nitrogen and oxygen atoms in total. The highest BCUT2D eigenvalue weighted by molar-refractivity contribution is 8.31. The molecule has 0 aromatic heterocycles. The van der Waals surface area contributed by atoms with Gasteiger partial charge < -0.3 is 15.0 Å². The van der Waals surface area contributed by atoms with Crippen LogP contribution in [-0.2, 0) is 19.7 Å². The van der Waals surface area contributed by atoms with Crippen LogP contribution in [0.25, 0.3) is 5.53 Å². The van der Waals surface area contributed by atoms with Gasteiger partial charge in [0.25, 0.3) is 19.7 Å². The number of unbranched alkanes of at least 4 members (excludes halogenated alkanes) is 14. The van der Waals surface area contributed by atoms with E-state index in [0.717, 1.165) is 38.5 Å². The second kappa shape index (κ2) is 22.4. The summed E-state index contributed by atoms with van der Waals surface area (Å²) in [6.07, 6.45) is 18.8. The third kappa shape index (κ3) is 13.4. The maximum Gasteiger partial charge on any atom is 0.504 e. The summed E-state index contributed by atoms with van der Waals surface area (Å²) in [6, 6.07) is 6.23. The van der Waals surface area contributed by atoms with Crippen molar-refractivity contribution in [3.05, 3.63) is 52.1 Å². The van der Waals surface area contributed by atoms with Crippen molar-refractivity contribution >= 4 is 24.1 Å². The van der Waals surface area contributed by atoms with E-state index in [1.165, 1.54) is 76.3 Å². The van der Waals surface area contributed by atoms with E-state index in [1.807, 2.05) is 27.7 Å². The molecule has 0 unspecified atom stereocenters. The highest BCUT2D eigenvalue weighted by Crippen LogP contribution is 2.36. The Morgan fingerprint density at radius 2 is 0.882 bits per heavy atom. The van der Waals surface area contributed by atoms with E-state index in [4.69, 9.17) is 9.47 Å². The Balaban J connectivity index is 2.28. The second-order valence-corrected chi connectivity index (χ2v) is 18.6. The average Bonchev–Trinajstić information content (AvgIpc) is 3.06. The van der Waals surface area contributed by atoms with Crippen LogP contribution in [0.4, 0.5) is 0 Å². The van der Waals surface area contributed by atoms with Crippen molar-refractivity contribution in [1.29, 1.82) is 0 Å². The fraction of sp³-hybridized carbons (Fsp3) is 0.683. The Bertz CT molecular complexity index is 1530. The van der Waals surface area contributed by atoms with Crippen LogP contribution < -0.4 is 9.47 Å². The first-order chi connectivity index (χ1) is 24.2. The van der Waals surface area contributed by atoms with E-state index in [9.17, 15) is 22.4 Å². The zero-order valence-corrected chi connectivity index (χ0v) is 34.5. The normalized spacial score (nSPS) is 12.0. The Hall–Kier alpha value is -2.68. The number of rotatable bonds is 24. The number of benzene rings is 2. The van der Waals surface area contributed by atoms with E-state index < -0.39 is 24.1 Å². The minimum Gasteiger partial charge on any atom is -0.493 e. The predicted molar refractivity (Wildman–Crippen MR) is 210 cm³/mol. The van der Waals surface area contributed by atoms with Crippen molar-refractivity contribution in [1.82, 2.24) is 0 Å². The molecule has 0 aliphatic rings. The topological polar surface area (TPSA) is 123 Å². The Kier molecular flexibility index (Phi) is 19.5. The smallest absolute Gasteiger partial charge is 0.493 e. The lowest BCUT2D eigenvalue weighted by Crippen LogP contribution is -2.28. The van der Waals surface area contributed by atoms with Gasteiger partial charge in [-0.25, -0.2) is 16.8 Å². The number of sulfone groups is 2. The second-order valence-electron chi connectivity index (χ2n) is 14.6. The van der Waals surface area contributed by atoms with Crippen LogP contribution in [-0.4, -0.2) is 39.2 Å². The molecule has 0 radical (unpaired) electrons. The van der Waals surface area contributed by atoms with Crippen LogP contribution in [0.3, 0.4) is 0 Å². The van der Waals surface area contributed by atoms with E-state index in [2.05, 4.69) is 18.6 Å². The molecule has 2 aromatic rings. The molecule has 0 heterocycles. The molecule has 288 valence electrons. The van der Waals surface area contributed by atoms with E-state index in [-0.39, 0.29) is 21.6 Å². The van der Waals surface area contributed by atoms with Crippen molar-refractivity contribution < 1.29 is 31.1 Å². The zero-order valence-electron chi connectivity index (χ0n) is 32.9. The lowest BCUT2D eigenvalue weighted by atomic mass is 10.0. The molecular weight excluding hydrogens is 681 g/mol. The summed E-state index contributed by atoms with van der Waals surface area (Å²) >= 11 is 0. The van der Waals surface area contributed by atoms with Gasteiger partial charge in [0.05, 0.1) is 23.0 Å². The van der Waals surface area contributed by atoms with Crippen molar-refractivity contribution in [3.63, 3.8) is 0 Å². The van der Waals surface area contributed by atoms with Gasteiger partial charge >= 0.3 is 4.38 Å².